The van der Waals surface area contributed by atoms with Crippen LogP contribution in [0.5, 0.6) is 0 Å². The first-order valence-corrected chi connectivity index (χ1v) is 4.71. The van der Waals surface area contributed by atoms with Gasteiger partial charge in [-0.1, -0.05) is 36.7 Å². The Morgan fingerprint density at radius 1 is 1.64 bits per heavy atom. The van der Waals surface area contributed by atoms with Crippen LogP contribution in [0.2, 0.25) is 5.02 Å². The molecule has 0 fully saturated rings. The molecule has 0 saturated heterocycles. The largest absolute Gasteiger partial charge is 0.480 e. The number of carboxylic acid groups (broad SMARTS) is 1. The molecule has 0 aromatic heterocycles. The minimum Gasteiger partial charge on any atom is -0.480 e. The van der Waals surface area contributed by atoms with Gasteiger partial charge in [0.1, 0.15) is 6.04 Å². The summed E-state index contributed by atoms with van der Waals surface area (Å²) in [6, 6.07) is 4.22. The summed E-state index contributed by atoms with van der Waals surface area (Å²) in [6.45, 7) is 1.96. The minimum atomic E-state index is -1.07. The van der Waals surface area contributed by atoms with Crippen molar-refractivity contribution in [3.63, 3.8) is 0 Å². The van der Waals surface area contributed by atoms with Crippen molar-refractivity contribution in [2.45, 2.75) is 19.4 Å². The predicted molar refractivity (Wildman–Crippen MR) is 55.4 cm³/mol. The van der Waals surface area contributed by atoms with Gasteiger partial charge in [0, 0.05) is 5.02 Å². The molecule has 14 heavy (non-hydrogen) atoms. The average Bonchev–Trinajstić information content (AvgIpc) is 2.17. The van der Waals surface area contributed by atoms with Gasteiger partial charge in [-0.3, -0.25) is 4.79 Å². The Labute approximate surface area is 87.5 Å². The number of carbonyl (C=O) groups is 1. The molecule has 0 heterocycles. The highest BCUT2D eigenvalue weighted by atomic mass is 35.5. The van der Waals surface area contributed by atoms with Crippen LogP contribution in [0.3, 0.4) is 0 Å². The number of hydrogen-bond acceptors (Lipinski definition) is 2. The maximum Gasteiger partial charge on any atom is 0.325 e. The molecule has 0 amide bonds. The van der Waals surface area contributed by atoms with E-state index in [1.165, 1.54) is 0 Å². The van der Waals surface area contributed by atoms with E-state index in [4.69, 9.17) is 22.4 Å². The lowest BCUT2D eigenvalue weighted by molar-refractivity contribution is -0.138. The van der Waals surface area contributed by atoms with Gasteiger partial charge < -0.3 is 10.8 Å². The lowest BCUT2D eigenvalue weighted by Gasteiger charge is -2.11. The Morgan fingerprint density at radius 3 is 2.79 bits per heavy atom. The Morgan fingerprint density at radius 2 is 2.29 bits per heavy atom. The van der Waals surface area contributed by atoms with E-state index in [1.54, 1.807) is 12.1 Å². The van der Waals surface area contributed by atoms with Gasteiger partial charge in [-0.25, -0.2) is 0 Å². The van der Waals surface area contributed by atoms with Crippen molar-refractivity contribution in [3.8, 4) is 0 Å². The molecule has 1 atom stereocenters. The summed E-state index contributed by atoms with van der Waals surface area (Å²) in [7, 11) is 0. The Balaban J connectivity index is 3.15. The molecular weight excluding hydrogens is 202 g/mol. The molecular formula is C10H12ClNO2. The van der Waals surface area contributed by atoms with Crippen LogP contribution in [0, 0.1) is 0 Å². The molecule has 4 heteroatoms. The minimum absolute atomic E-state index is 0.463. The van der Waals surface area contributed by atoms with Gasteiger partial charge in [0.25, 0.3) is 0 Å². The van der Waals surface area contributed by atoms with Crippen LogP contribution in [-0.4, -0.2) is 11.1 Å². The fourth-order valence-corrected chi connectivity index (χ4v) is 1.62. The summed E-state index contributed by atoms with van der Waals surface area (Å²) in [4.78, 5) is 10.7. The Bertz CT molecular complexity index is 352. The SMILES string of the molecule is CCc1cccc(C(N)C(=O)O)c1Cl. The quantitative estimate of drug-likeness (QED) is 0.807. The number of nitrogens with two attached hydrogens (primary N) is 1. The van der Waals surface area contributed by atoms with Gasteiger partial charge in [0.05, 0.1) is 0 Å². The first-order chi connectivity index (χ1) is 6.57. The number of halogens is 1. The first kappa shape index (κ1) is 11.0. The molecule has 3 N–H and O–H groups in total. The zero-order valence-corrected chi connectivity index (χ0v) is 8.58. The topological polar surface area (TPSA) is 63.3 Å². The van der Waals surface area contributed by atoms with E-state index >= 15 is 0 Å². The average molecular weight is 214 g/mol. The van der Waals surface area contributed by atoms with E-state index in [9.17, 15) is 4.79 Å². The third-order valence-corrected chi connectivity index (χ3v) is 2.55. The molecule has 1 rings (SSSR count). The maximum atomic E-state index is 10.7. The predicted octanol–water partition coefficient (Wildman–Crippen LogP) is 1.99. The number of rotatable bonds is 3. The zero-order chi connectivity index (χ0) is 10.7. The van der Waals surface area contributed by atoms with E-state index in [-0.39, 0.29) is 0 Å². The normalized spacial score (nSPS) is 12.5. The lowest BCUT2D eigenvalue weighted by Crippen LogP contribution is -2.21. The summed E-state index contributed by atoms with van der Waals surface area (Å²) >= 11 is 6.00. The molecule has 0 saturated carbocycles. The molecule has 0 radical (unpaired) electrons. The van der Waals surface area contributed by atoms with Gasteiger partial charge in [0.15, 0.2) is 0 Å². The highest BCUT2D eigenvalue weighted by Gasteiger charge is 2.18. The molecule has 0 aliphatic rings. The van der Waals surface area contributed by atoms with Crippen molar-refractivity contribution < 1.29 is 9.90 Å². The standard InChI is InChI=1S/C10H12ClNO2/c1-2-6-4-3-5-7(8(6)11)9(12)10(13)14/h3-5,9H,2,12H2,1H3,(H,13,14). The molecule has 0 aliphatic carbocycles. The van der Waals surface area contributed by atoms with E-state index < -0.39 is 12.0 Å². The zero-order valence-electron chi connectivity index (χ0n) is 7.83. The van der Waals surface area contributed by atoms with Gasteiger partial charge in [0.2, 0.25) is 0 Å². The second kappa shape index (κ2) is 4.44. The van der Waals surface area contributed by atoms with Crippen LogP contribution >= 0.6 is 11.6 Å². The smallest absolute Gasteiger partial charge is 0.325 e. The van der Waals surface area contributed by atoms with Crippen LogP contribution in [0.1, 0.15) is 24.1 Å². The second-order valence-corrected chi connectivity index (χ2v) is 3.37. The fraction of sp³-hybridized carbons (Fsp3) is 0.300. The van der Waals surface area contributed by atoms with Gasteiger partial charge in [-0.05, 0) is 17.5 Å². The van der Waals surface area contributed by atoms with Crippen molar-refractivity contribution >= 4 is 17.6 Å². The highest BCUT2D eigenvalue weighted by Crippen LogP contribution is 2.25. The molecule has 1 aromatic carbocycles. The van der Waals surface area contributed by atoms with Crippen LogP contribution in [0.4, 0.5) is 0 Å². The van der Waals surface area contributed by atoms with Gasteiger partial charge in [-0.15, -0.1) is 0 Å². The maximum absolute atomic E-state index is 10.7. The van der Waals surface area contributed by atoms with E-state index in [0.29, 0.717) is 10.6 Å². The van der Waals surface area contributed by atoms with Crippen molar-refractivity contribution in [2.75, 3.05) is 0 Å². The van der Waals surface area contributed by atoms with Crippen LogP contribution in [0.25, 0.3) is 0 Å². The summed E-state index contributed by atoms with van der Waals surface area (Å²) in [6.07, 6.45) is 0.763. The highest BCUT2D eigenvalue weighted by molar-refractivity contribution is 6.32. The van der Waals surface area contributed by atoms with Crippen LogP contribution in [0.15, 0.2) is 18.2 Å². The number of benzene rings is 1. The molecule has 1 unspecified atom stereocenters. The second-order valence-electron chi connectivity index (χ2n) is 2.99. The molecule has 0 spiro atoms. The molecule has 1 aromatic rings. The van der Waals surface area contributed by atoms with E-state index in [0.717, 1.165) is 12.0 Å². The molecule has 0 bridgehead atoms. The van der Waals surface area contributed by atoms with Crippen molar-refractivity contribution in [1.29, 1.82) is 0 Å². The van der Waals surface area contributed by atoms with Crippen LogP contribution in [-0.2, 0) is 11.2 Å². The fourth-order valence-electron chi connectivity index (χ4n) is 1.25. The number of aryl methyl sites for hydroxylation is 1. The van der Waals surface area contributed by atoms with Crippen molar-refractivity contribution in [3.05, 3.63) is 34.3 Å². The Hall–Kier alpha value is -1.06. The summed E-state index contributed by atoms with van der Waals surface area (Å²) in [5, 5.41) is 9.20. The monoisotopic (exact) mass is 213 g/mol. The van der Waals surface area contributed by atoms with E-state index in [2.05, 4.69) is 0 Å². The van der Waals surface area contributed by atoms with Gasteiger partial charge >= 0.3 is 5.97 Å². The Kier molecular flexibility index (Phi) is 3.49. The number of aliphatic carboxylic acids is 1. The van der Waals surface area contributed by atoms with Gasteiger partial charge in [-0.2, -0.15) is 0 Å². The number of hydrogen-bond donors (Lipinski definition) is 2. The van der Waals surface area contributed by atoms with Crippen LogP contribution < -0.4 is 5.73 Å². The molecule has 3 nitrogen and oxygen atoms in total. The summed E-state index contributed by atoms with van der Waals surface area (Å²) in [5.41, 5.74) is 6.87. The van der Waals surface area contributed by atoms with E-state index in [1.807, 2.05) is 13.0 Å². The van der Waals surface area contributed by atoms with Crippen molar-refractivity contribution in [2.24, 2.45) is 5.73 Å². The third kappa shape index (κ3) is 2.05. The summed E-state index contributed by atoms with van der Waals surface area (Å²) in [5.74, 6) is -1.07. The molecule has 76 valence electrons. The molecule has 0 aliphatic heterocycles. The third-order valence-electron chi connectivity index (χ3n) is 2.09. The van der Waals surface area contributed by atoms with Crippen molar-refractivity contribution in [1.82, 2.24) is 0 Å². The lowest BCUT2D eigenvalue weighted by atomic mass is 10.0. The summed E-state index contributed by atoms with van der Waals surface area (Å²) < 4.78 is 0. The number of carboxylic acids is 1. The first-order valence-electron chi connectivity index (χ1n) is 4.33.